The summed E-state index contributed by atoms with van der Waals surface area (Å²) >= 11 is 0. The van der Waals surface area contributed by atoms with Gasteiger partial charge in [0.1, 0.15) is 0 Å². The Bertz CT molecular complexity index is 382. The molecule has 2 saturated heterocycles. The Kier molecular flexibility index (Phi) is 1.84. The fourth-order valence-electron chi connectivity index (χ4n) is 3.90. The van der Waals surface area contributed by atoms with Gasteiger partial charge >= 0.3 is 0 Å². The maximum Gasteiger partial charge on any atom is 0.233 e. The Hall–Kier alpha value is -0.900. The van der Waals surface area contributed by atoms with E-state index in [1.165, 1.54) is 19.3 Å². The van der Waals surface area contributed by atoms with Crippen LogP contribution in [0.4, 0.5) is 0 Å². The molecule has 0 bridgehead atoms. The number of carbonyl (C=O) groups is 2. The lowest BCUT2D eigenvalue weighted by atomic mass is 9.70. The standard InChI is InChI=1S/C13H18N2O2/c16-11-9-6-10(9)12(17)15(11)8-2-5-14-13(7-8)3-1-4-13/h8-10,14H,1-7H2. The SMILES string of the molecule is O=C1C2CC2C(=O)N1C1CCNC2(CCC2)C1. The van der Waals surface area contributed by atoms with E-state index in [1.54, 1.807) is 4.90 Å². The van der Waals surface area contributed by atoms with E-state index in [0.717, 1.165) is 25.8 Å². The van der Waals surface area contributed by atoms with Crippen molar-refractivity contribution in [1.29, 1.82) is 0 Å². The summed E-state index contributed by atoms with van der Waals surface area (Å²) in [5.41, 5.74) is 0.260. The molecule has 0 aromatic carbocycles. The number of fused-ring (bicyclic) bond motifs is 1. The van der Waals surface area contributed by atoms with Gasteiger partial charge in [-0.05, 0) is 45.1 Å². The number of piperidine rings is 2. The predicted octanol–water partition coefficient (Wildman–Crippen LogP) is 0.666. The molecule has 1 spiro atoms. The average Bonchev–Trinajstić information content (AvgIpc) is 3.03. The van der Waals surface area contributed by atoms with Crippen molar-refractivity contribution in [2.24, 2.45) is 11.8 Å². The molecule has 0 radical (unpaired) electrons. The molecule has 92 valence electrons. The van der Waals surface area contributed by atoms with Crippen LogP contribution in [0.5, 0.6) is 0 Å². The minimum Gasteiger partial charge on any atom is -0.311 e. The van der Waals surface area contributed by atoms with Gasteiger partial charge in [0.15, 0.2) is 0 Å². The van der Waals surface area contributed by atoms with E-state index in [1.807, 2.05) is 0 Å². The van der Waals surface area contributed by atoms with Gasteiger partial charge in [-0.25, -0.2) is 0 Å². The molecule has 4 aliphatic rings. The van der Waals surface area contributed by atoms with Crippen LogP contribution >= 0.6 is 0 Å². The first kappa shape index (κ1) is 10.1. The molecule has 17 heavy (non-hydrogen) atoms. The van der Waals surface area contributed by atoms with E-state index in [2.05, 4.69) is 5.32 Å². The van der Waals surface area contributed by atoms with Crippen LogP contribution in [0.3, 0.4) is 0 Å². The Morgan fingerprint density at radius 3 is 2.47 bits per heavy atom. The summed E-state index contributed by atoms with van der Waals surface area (Å²) in [4.78, 5) is 25.7. The van der Waals surface area contributed by atoms with Crippen LogP contribution in [0, 0.1) is 11.8 Å². The van der Waals surface area contributed by atoms with Crippen LogP contribution < -0.4 is 5.32 Å². The third kappa shape index (κ3) is 1.27. The normalized spacial score (nSPS) is 42.6. The minimum atomic E-state index is 0.0646. The van der Waals surface area contributed by atoms with Crippen molar-refractivity contribution >= 4 is 11.8 Å². The van der Waals surface area contributed by atoms with Crippen LogP contribution in [-0.4, -0.2) is 34.8 Å². The smallest absolute Gasteiger partial charge is 0.233 e. The fourth-order valence-corrected chi connectivity index (χ4v) is 3.90. The van der Waals surface area contributed by atoms with Crippen LogP contribution in [0.25, 0.3) is 0 Å². The van der Waals surface area contributed by atoms with Gasteiger partial charge < -0.3 is 5.32 Å². The molecule has 3 unspecified atom stereocenters. The first-order valence-corrected chi connectivity index (χ1v) is 6.82. The number of nitrogens with zero attached hydrogens (tertiary/aromatic N) is 1. The summed E-state index contributed by atoms with van der Waals surface area (Å²) in [5.74, 6) is 0.382. The Morgan fingerprint density at radius 1 is 1.18 bits per heavy atom. The van der Waals surface area contributed by atoms with Gasteiger partial charge in [0, 0.05) is 11.6 Å². The molecule has 3 atom stereocenters. The number of nitrogens with one attached hydrogen (secondary N) is 1. The summed E-state index contributed by atoms with van der Waals surface area (Å²) in [6.07, 6.45) is 6.47. The lowest BCUT2D eigenvalue weighted by Crippen LogP contribution is -2.60. The highest BCUT2D eigenvalue weighted by Gasteiger charge is 2.61. The monoisotopic (exact) mass is 234 g/mol. The Labute approximate surface area is 101 Å². The van der Waals surface area contributed by atoms with Gasteiger partial charge in [-0.2, -0.15) is 0 Å². The average molecular weight is 234 g/mol. The van der Waals surface area contributed by atoms with Gasteiger partial charge in [0.25, 0.3) is 0 Å². The number of rotatable bonds is 1. The van der Waals surface area contributed by atoms with Crippen molar-refractivity contribution in [2.45, 2.75) is 50.1 Å². The molecule has 2 aliphatic heterocycles. The molecule has 4 fully saturated rings. The van der Waals surface area contributed by atoms with Crippen molar-refractivity contribution in [2.75, 3.05) is 6.54 Å². The molecule has 2 saturated carbocycles. The maximum atomic E-state index is 12.1. The van der Waals surface area contributed by atoms with Crippen molar-refractivity contribution in [1.82, 2.24) is 10.2 Å². The number of likely N-dealkylation sites (tertiary alicyclic amines) is 1. The number of hydrogen-bond donors (Lipinski definition) is 1. The van der Waals surface area contributed by atoms with Gasteiger partial charge in [0.05, 0.1) is 11.8 Å². The highest BCUT2D eigenvalue weighted by molar-refractivity contribution is 6.09. The van der Waals surface area contributed by atoms with Crippen LogP contribution in [-0.2, 0) is 9.59 Å². The van der Waals surface area contributed by atoms with Crippen molar-refractivity contribution in [3.05, 3.63) is 0 Å². The number of amides is 2. The molecular formula is C13H18N2O2. The quantitative estimate of drug-likeness (QED) is 0.678. The Balaban J connectivity index is 1.54. The maximum absolute atomic E-state index is 12.1. The number of carbonyl (C=O) groups excluding carboxylic acids is 2. The summed E-state index contributed by atoms with van der Waals surface area (Å²) in [5, 5.41) is 3.59. The van der Waals surface area contributed by atoms with Crippen LogP contribution in [0.15, 0.2) is 0 Å². The molecule has 4 nitrogen and oxygen atoms in total. The topological polar surface area (TPSA) is 49.4 Å². The first-order valence-electron chi connectivity index (χ1n) is 6.82. The van der Waals surface area contributed by atoms with E-state index < -0.39 is 0 Å². The molecule has 0 aromatic heterocycles. The van der Waals surface area contributed by atoms with Crippen molar-refractivity contribution in [3.8, 4) is 0 Å². The molecule has 1 N–H and O–H groups in total. The third-order valence-electron chi connectivity index (χ3n) is 5.18. The van der Waals surface area contributed by atoms with Crippen LogP contribution in [0.2, 0.25) is 0 Å². The first-order chi connectivity index (χ1) is 8.20. The minimum absolute atomic E-state index is 0.0646. The van der Waals surface area contributed by atoms with Gasteiger partial charge in [-0.3, -0.25) is 14.5 Å². The molecule has 2 heterocycles. The lowest BCUT2D eigenvalue weighted by molar-refractivity contribution is -0.145. The van der Waals surface area contributed by atoms with E-state index in [9.17, 15) is 9.59 Å². The largest absolute Gasteiger partial charge is 0.311 e. The summed E-state index contributed by atoms with van der Waals surface area (Å²) in [6.45, 7) is 0.955. The summed E-state index contributed by atoms with van der Waals surface area (Å²) in [6, 6.07) is 0.185. The van der Waals surface area contributed by atoms with Gasteiger partial charge in [0.2, 0.25) is 11.8 Å². The van der Waals surface area contributed by atoms with Crippen molar-refractivity contribution < 1.29 is 9.59 Å². The second-order valence-corrected chi connectivity index (χ2v) is 6.20. The second-order valence-electron chi connectivity index (χ2n) is 6.20. The fraction of sp³-hybridized carbons (Fsp3) is 0.846. The van der Waals surface area contributed by atoms with E-state index in [4.69, 9.17) is 0 Å². The van der Waals surface area contributed by atoms with E-state index in [0.29, 0.717) is 0 Å². The predicted molar refractivity (Wildman–Crippen MR) is 61.1 cm³/mol. The summed E-state index contributed by atoms with van der Waals surface area (Å²) in [7, 11) is 0. The zero-order valence-electron chi connectivity index (χ0n) is 9.95. The summed E-state index contributed by atoms with van der Waals surface area (Å²) < 4.78 is 0. The molecule has 2 aliphatic carbocycles. The molecule has 4 rings (SSSR count). The van der Waals surface area contributed by atoms with E-state index in [-0.39, 0.29) is 35.2 Å². The van der Waals surface area contributed by atoms with Gasteiger partial charge in [-0.1, -0.05) is 0 Å². The number of imide groups is 1. The zero-order chi connectivity index (χ0) is 11.6. The molecular weight excluding hydrogens is 216 g/mol. The Morgan fingerprint density at radius 2 is 1.88 bits per heavy atom. The third-order valence-corrected chi connectivity index (χ3v) is 5.18. The van der Waals surface area contributed by atoms with Crippen LogP contribution in [0.1, 0.15) is 38.5 Å². The highest BCUT2D eigenvalue weighted by atomic mass is 16.2. The number of hydrogen-bond acceptors (Lipinski definition) is 3. The second kappa shape index (κ2) is 3.10. The van der Waals surface area contributed by atoms with Gasteiger partial charge in [-0.15, -0.1) is 0 Å². The highest BCUT2D eigenvalue weighted by Crippen LogP contribution is 2.49. The van der Waals surface area contributed by atoms with E-state index >= 15 is 0 Å². The van der Waals surface area contributed by atoms with Crippen molar-refractivity contribution in [3.63, 3.8) is 0 Å². The molecule has 4 heteroatoms. The zero-order valence-corrected chi connectivity index (χ0v) is 9.95. The molecule has 0 aromatic rings. The lowest BCUT2D eigenvalue weighted by Gasteiger charge is -2.49. The molecule has 2 amide bonds.